The number of halogens is 1. The van der Waals surface area contributed by atoms with Crippen molar-refractivity contribution in [2.75, 3.05) is 7.11 Å². The first-order chi connectivity index (χ1) is 11.1. The van der Waals surface area contributed by atoms with Crippen molar-refractivity contribution in [3.63, 3.8) is 0 Å². The average molecular weight is 374 g/mol. The first-order valence-corrected chi connectivity index (χ1v) is 8.60. The number of benzene rings is 1. The summed E-state index contributed by atoms with van der Waals surface area (Å²) >= 11 is 3.46. The second kappa shape index (κ2) is 6.79. The molecule has 23 heavy (non-hydrogen) atoms. The Labute approximate surface area is 145 Å². The van der Waals surface area contributed by atoms with Crippen LogP contribution in [0.25, 0.3) is 11.3 Å². The van der Waals surface area contributed by atoms with Crippen LogP contribution in [0.3, 0.4) is 0 Å². The van der Waals surface area contributed by atoms with E-state index in [1.54, 1.807) is 7.11 Å². The summed E-state index contributed by atoms with van der Waals surface area (Å²) in [5.74, 6) is 1.11. The van der Waals surface area contributed by atoms with Crippen LogP contribution in [0.4, 0.5) is 0 Å². The van der Waals surface area contributed by atoms with Gasteiger partial charge in [0.1, 0.15) is 7.11 Å². The summed E-state index contributed by atoms with van der Waals surface area (Å²) < 4.78 is 1.05. The van der Waals surface area contributed by atoms with Crippen LogP contribution in [0, 0.1) is 11.8 Å². The third-order valence-electron chi connectivity index (χ3n) is 4.38. The second-order valence-corrected chi connectivity index (χ2v) is 7.15. The summed E-state index contributed by atoms with van der Waals surface area (Å²) in [5.41, 5.74) is 4.97. The molecule has 120 valence electrons. The average Bonchev–Trinajstić information content (AvgIpc) is 2.55. The Kier molecular flexibility index (Phi) is 4.76. The highest BCUT2D eigenvalue weighted by molar-refractivity contribution is 9.10. The molecule has 0 amide bonds. The maximum absolute atomic E-state index is 5.06. The minimum Gasteiger partial charge on any atom is -0.399 e. The van der Waals surface area contributed by atoms with Crippen LogP contribution in [0.1, 0.15) is 31.5 Å². The minimum absolute atomic E-state index is 0.532. The molecule has 1 heterocycles. The highest BCUT2D eigenvalue weighted by Crippen LogP contribution is 2.31. The van der Waals surface area contributed by atoms with E-state index in [2.05, 4.69) is 51.2 Å². The number of rotatable bonds is 3. The fourth-order valence-electron chi connectivity index (χ4n) is 2.93. The first kappa shape index (κ1) is 16.1. The van der Waals surface area contributed by atoms with E-state index in [1.807, 2.05) is 24.3 Å². The topological polar surface area (TPSA) is 47.4 Å². The molecule has 3 rings (SSSR count). The van der Waals surface area contributed by atoms with E-state index in [4.69, 9.17) is 4.84 Å². The minimum atomic E-state index is 0.532. The van der Waals surface area contributed by atoms with Gasteiger partial charge in [-0.2, -0.15) is 10.2 Å². The third-order valence-corrected chi connectivity index (χ3v) is 4.91. The molecule has 0 saturated heterocycles. The molecule has 1 aliphatic rings. The lowest BCUT2D eigenvalue weighted by Crippen LogP contribution is -2.26. The van der Waals surface area contributed by atoms with Crippen LogP contribution in [0.15, 0.2) is 40.0 Å². The zero-order valence-electron chi connectivity index (χ0n) is 13.6. The maximum Gasteiger partial charge on any atom is 0.106 e. The Morgan fingerprint density at radius 1 is 1.17 bits per heavy atom. The van der Waals surface area contributed by atoms with Crippen LogP contribution in [0.5, 0.6) is 0 Å². The normalized spacial score (nSPS) is 19.0. The Hall–Kier alpha value is -1.75. The molecule has 0 spiro atoms. The van der Waals surface area contributed by atoms with Crippen LogP contribution in [0.2, 0.25) is 0 Å². The summed E-state index contributed by atoms with van der Waals surface area (Å²) in [6.45, 7) is 4.48. The molecule has 1 atom stereocenters. The van der Waals surface area contributed by atoms with Crippen molar-refractivity contribution in [1.82, 2.24) is 10.2 Å². The van der Waals surface area contributed by atoms with Crippen molar-refractivity contribution >= 4 is 21.6 Å². The van der Waals surface area contributed by atoms with Crippen LogP contribution in [-0.4, -0.2) is 23.0 Å². The zero-order chi connectivity index (χ0) is 16.4. The van der Waals surface area contributed by atoms with Crippen LogP contribution >= 0.6 is 15.9 Å². The molecule has 0 fully saturated rings. The molecule has 1 aromatic heterocycles. The Morgan fingerprint density at radius 2 is 1.91 bits per heavy atom. The molecular formula is C18H20BrN3O. The lowest BCUT2D eigenvalue weighted by Gasteiger charge is -2.27. The molecule has 2 aromatic rings. The number of nitrogens with zero attached hydrogens (tertiary/aromatic N) is 3. The van der Waals surface area contributed by atoms with E-state index < -0.39 is 0 Å². The molecule has 0 unspecified atom stereocenters. The Bertz CT molecular complexity index is 726. The van der Waals surface area contributed by atoms with Gasteiger partial charge in [0.05, 0.1) is 17.1 Å². The number of fused-ring (bicyclic) bond motifs is 1. The van der Waals surface area contributed by atoms with Gasteiger partial charge < -0.3 is 4.84 Å². The number of hydrogen-bond acceptors (Lipinski definition) is 4. The SMILES string of the molecule is CO/N=C1\C[C@H](C(C)C)Cc2nnc(-c3ccc(Br)cc3)cc21. The number of hydrogen-bond donors (Lipinski definition) is 0. The molecule has 4 nitrogen and oxygen atoms in total. The van der Waals surface area contributed by atoms with Crippen molar-refractivity contribution in [2.24, 2.45) is 17.0 Å². The van der Waals surface area contributed by atoms with E-state index >= 15 is 0 Å². The smallest absolute Gasteiger partial charge is 0.106 e. The summed E-state index contributed by atoms with van der Waals surface area (Å²) in [4.78, 5) is 5.06. The van der Waals surface area contributed by atoms with Gasteiger partial charge in [0.25, 0.3) is 0 Å². The fourth-order valence-corrected chi connectivity index (χ4v) is 3.19. The Balaban J connectivity index is 2.02. The molecule has 0 N–H and O–H groups in total. The van der Waals surface area contributed by atoms with Gasteiger partial charge in [0.15, 0.2) is 0 Å². The van der Waals surface area contributed by atoms with Crippen molar-refractivity contribution in [3.05, 3.63) is 46.1 Å². The highest BCUT2D eigenvalue weighted by Gasteiger charge is 2.28. The molecule has 0 saturated carbocycles. The van der Waals surface area contributed by atoms with Crippen LogP contribution < -0.4 is 0 Å². The Morgan fingerprint density at radius 3 is 2.57 bits per heavy atom. The zero-order valence-corrected chi connectivity index (χ0v) is 15.2. The molecular weight excluding hydrogens is 354 g/mol. The van der Waals surface area contributed by atoms with Gasteiger partial charge in [-0.25, -0.2) is 0 Å². The summed E-state index contributed by atoms with van der Waals surface area (Å²) in [7, 11) is 1.59. The van der Waals surface area contributed by atoms with Gasteiger partial charge in [-0.3, -0.25) is 0 Å². The standard InChI is InChI=1S/C18H20BrN3O/c1-11(2)13-8-17-15(18(9-13)22-23-3)10-16(20-21-17)12-4-6-14(19)7-5-12/h4-7,10-11,13H,8-9H2,1-3H3/b22-18+/t13-/m1/s1. The third kappa shape index (κ3) is 3.44. The summed E-state index contributed by atoms with van der Waals surface area (Å²) in [6.07, 6.45) is 1.87. The van der Waals surface area contributed by atoms with E-state index in [0.29, 0.717) is 11.8 Å². The molecule has 0 radical (unpaired) electrons. The quantitative estimate of drug-likeness (QED) is 0.745. The van der Waals surface area contributed by atoms with E-state index in [0.717, 1.165) is 45.5 Å². The van der Waals surface area contributed by atoms with E-state index in [1.165, 1.54) is 0 Å². The molecule has 0 bridgehead atoms. The van der Waals surface area contributed by atoms with Gasteiger partial charge in [0, 0.05) is 15.6 Å². The van der Waals surface area contributed by atoms with E-state index in [9.17, 15) is 0 Å². The molecule has 1 aliphatic carbocycles. The van der Waals surface area contributed by atoms with Crippen molar-refractivity contribution in [3.8, 4) is 11.3 Å². The largest absolute Gasteiger partial charge is 0.399 e. The monoisotopic (exact) mass is 373 g/mol. The summed E-state index contributed by atoms with van der Waals surface area (Å²) in [5, 5.41) is 13.2. The predicted molar refractivity (Wildman–Crippen MR) is 95.4 cm³/mol. The molecule has 1 aromatic carbocycles. The molecule has 5 heteroatoms. The summed E-state index contributed by atoms with van der Waals surface area (Å²) in [6, 6.07) is 10.2. The van der Waals surface area contributed by atoms with Crippen molar-refractivity contribution in [1.29, 1.82) is 0 Å². The lowest BCUT2D eigenvalue weighted by molar-refractivity contribution is 0.211. The van der Waals surface area contributed by atoms with Gasteiger partial charge in [0.2, 0.25) is 0 Å². The first-order valence-electron chi connectivity index (χ1n) is 7.81. The molecule has 0 aliphatic heterocycles. The van der Waals surface area contributed by atoms with Crippen molar-refractivity contribution < 1.29 is 4.84 Å². The number of oxime groups is 1. The highest BCUT2D eigenvalue weighted by atomic mass is 79.9. The van der Waals surface area contributed by atoms with Gasteiger partial charge in [-0.15, -0.1) is 0 Å². The van der Waals surface area contributed by atoms with Crippen molar-refractivity contribution in [2.45, 2.75) is 26.7 Å². The van der Waals surface area contributed by atoms with E-state index in [-0.39, 0.29) is 0 Å². The van der Waals surface area contributed by atoms with Gasteiger partial charge >= 0.3 is 0 Å². The maximum atomic E-state index is 5.06. The second-order valence-electron chi connectivity index (χ2n) is 6.23. The van der Waals surface area contributed by atoms with Gasteiger partial charge in [-0.05, 0) is 42.9 Å². The van der Waals surface area contributed by atoms with Crippen LogP contribution in [-0.2, 0) is 11.3 Å². The lowest BCUT2D eigenvalue weighted by atomic mass is 9.79. The van der Waals surface area contributed by atoms with Gasteiger partial charge in [-0.1, -0.05) is 47.1 Å². The fraction of sp³-hybridized carbons (Fsp3) is 0.389. The number of aromatic nitrogens is 2. The predicted octanol–water partition coefficient (Wildman–Crippen LogP) is 4.48.